The molecule has 4 amide bonds. The molecular formula is C19H15BrN2O5. The Morgan fingerprint density at radius 1 is 0.963 bits per heavy atom. The summed E-state index contributed by atoms with van der Waals surface area (Å²) in [4.78, 5) is 38.2. The minimum absolute atomic E-state index is 0.132. The Hall–Kier alpha value is -3.13. The zero-order valence-corrected chi connectivity index (χ0v) is 16.0. The van der Waals surface area contributed by atoms with Crippen molar-refractivity contribution in [3.05, 3.63) is 57.1 Å². The molecule has 1 heterocycles. The fourth-order valence-electron chi connectivity index (χ4n) is 2.81. The number of hydrogen-bond acceptors (Lipinski definition) is 5. The molecule has 1 fully saturated rings. The summed E-state index contributed by atoms with van der Waals surface area (Å²) in [5.74, 6) is -2.19. The Morgan fingerprint density at radius 2 is 1.59 bits per heavy atom. The Kier molecular flexibility index (Phi) is 4.75. The monoisotopic (exact) mass is 430 g/mol. The third kappa shape index (κ3) is 3.56. The second-order valence-corrected chi connectivity index (χ2v) is 7.02. The number of halogens is 1. The molecule has 3 rings (SSSR count). The number of amides is 4. The minimum atomic E-state index is -0.866. The van der Waals surface area contributed by atoms with Gasteiger partial charge in [0.2, 0.25) is 0 Å². The minimum Gasteiger partial charge on any atom is -0.507 e. The molecule has 0 unspecified atom stereocenters. The number of nitrogens with one attached hydrogen (secondary N) is 1. The van der Waals surface area contributed by atoms with Gasteiger partial charge >= 0.3 is 6.03 Å². The van der Waals surface area contributed by atoms with Gasteiger partial charge in [-0.15, -0.1) is 0 Å². The second-order valence-electron chi connectivity index (χ2n) is 6.17. The number of carbonyl (C=O) groups is 3. The van der Waals surface area contributed by atoms with Gasteiger partial charge in [0.05, 0.1) is 10.2 Å². The number of anilines is 1. The van der Waals surface area contributed by atoms with Crippen LogP contribution in [0.5, 0.6) is 11.5 Å². The zero-order chi connectivity index (χ0) is 19.9. The van der Waals surface area contributed by atoms with E-state index in [4.69, 9.17) is 0 Å². The first-order valence-electron chi connectivity index (χ1n) is 7.88. The molecule has 0 bridgehead atoms. The van der Waals surface area contributed by atoms with E-state index in [0.717, 1.165) is 22.1 Å². The number of barbiturate groups is 1. The van der Waals surface area contributed by atoms with Crippen molar-refractivity contribution in [3.63, 3.8) is 0 Å². The predicted molar refractivity (Wildman–Crippen MR) is 102 cm³/mol. The Bertz CT molecular complexity index is 1010. The molecule has 0 atom stereocenters. The van der Waals surface area contributed by atoms with E-state index in [1.165, 1.54) is 12.1 Å². The van der Waals surface area contributed by atoms with E-state index in [9.17, 15) is 24.6 Å². The van der Waals surface area contributed by atoms with Gasteiger partial charge in [0.15, 0.2) is 0 Å². The highest BCUT2D eigenvalue weighted by atomic mass is 79.9. The predicted octanol–water partition coefficient (Wildman–Crippen LogP) is 3.14. The van der Waals surface area contributed by atoms with Gasteiger partial charge in [-0.1, -0.05) is 6.07 Å². The van der Waals surface area contributed by atoms with Gasteiger partial charge in [0.1, 0.15) is 17.1 Å². The molecular weight excluding hydrogens is 416 g/mol. The molecule has 1 saturated heterocycles. The van der Waals surface area contributed by atoms with Crippen LogP contribution in [-0.2, 0) is 9.59 Å². The maximum Gasteiger partial charge on any atom is 0.335 e. The molecule has 3 N–H and O–H groups in total. The largest absolute Gasteiger partial charge is 0.507 e. The van der Waals surface area contributed by atoms with E-state index in [-0.39, 0.29) is 27.1 Å². The first-order chi connectivity index (χ1) is 12.7. The van der Waals surface area contributed by atoms with Crippen molar-refractivity contribution in [3.8, 4) is 11.5 Å². The van der Waals surface area contributed by atoms with Crippen LogP contribution in [0, 0.1) is 13.8 Å². The van der Waals surface area contributed by atoms with Gasteiger partial charge in [-0.2, -0.15) is 0 Å². The highest BCUT2D eigenvalue weighted by Gasteiger charge is 2.37. The number of aryl methyl sites for hydroxylation is 2. The highest BCUT2D eigenvalue weighted by molar-refractivity contribution is 9.10. The second kappa shape index (κ2) is 6.88. The number of hydrogen-bond donors (Lipinski definition) is 3. The molecule has 1 aliphatic heterocycles. The summed E-state index contributed by atoms with van der Waals surface area (Å²) < 4.78 is 0.276. The lowest BCUT2D eigenvalue weighted by molar-refractivity contribution is -0.122. The lowest BCUT2D eigenvalue weighted by atomic mass is 10.0. The van der Waals surface area contributed by atoms with Gasteiger partial charge in [0.25, 0.3) is 11.8 Å². The molecule has 0 aromatic heterocycles. The number of imide groups is 2. The van der Waals surface area contributed by atoms with Crippen molar-refractivity contribution in [1.82, 2.24) is 5.32 Å². The normalized spacial score (nSPS) is 16.0. The van der Waals surface area contributed by atoms with Crippen molar-refractivity contribution in [2.45, 2.75) is 13.8 Å². The third-order valence-corrected chi connectivity index (χ3v) is 4.60. The van der Waals surface area contributed by atoms with Crippen molar-refractivity contribution in [1.29, 1.82) is 0 Å². The molecule has 0 saturated carbocycles. The molecule has 7 nitrogen and oxygen atoms in total. The summed E-state index contributed by atoms with van der Waals surface area (Å²) >= 11 is 3.11. The van der Waals surface area contributed by atoms with Gasteiger partial charge < -0.3 is 10.2 Å². The average Bonchev–Trinajstić information content (AvgIpc) is 2.54. The molecule has 0 radical (unpaired) electrons. The maximum atomic E-state index is 12.9. The summed E-state index contributed by atoms with van der Waals surface area (Å²) in [6, 6.07) is 6.80. The number of carbonyl (C=O) groups excluding carboxylic acids is 3. The number of aromatic hydroxyl groups is 2. The molecule has 0 aliphatic carbocycles. The number of nitrogens with zero attached hydrogens (tertiary/aromatic N) is 1. The number of benzene rings is 2. The van der Waals surface area contributed by atoms with Gasteiger partial charge in [-0.3, -0.25) is 14.9 Å². The van der Waals surface area contributed by atoms with Crippen molar-refractivity contribution >= 4 is 45.5 Å². The van der Waals surface area contributed by atoms with Crippen LogP contribution in [0.15, 0.2) is 40.4 Å². The Balaban J connectivity index is 2.09. The Morgan fingerprint density at radius 3 is 2.22 bits per heavy atom. The van der Waals surface area contributed by atoms with Crippen LogP contribution in [0.4, 0.5) is 10.5 Å². The van der Waals surface area contributed by atoms with Crippen LogP contribution < -0.4 is 10.2 Å². The number of phenols is 2. The molecule has 2 aromatic rings. The average molecular weight is 431 g/mol. The van der Waals surface area contributed by atoms with Crippen LogP contribution in [0.3, 0.4) is 0 Å². The topological polar surface area (TPSA) is 107 Å². The first-order valence-corrected chi connectivity index (χ1v) is 8.68. The number of rotatable bonds is 2. The number of phenolic OH excluding ortho intramolecular Hbond substituents is 2. The first kappa shape index (κ1) is 18.7. The third-order valence-electron chi connectivity index (χ3n) is 3.96. The summed E-state index contributed by atoms with van der Waals surface area (Å²) in [6.45, 7) is 3.66. The van der Waals surface area contributed by atoms with E-state index in [0.29, 0.717) is 5.69 Å². The lowest BCUT2D eigenvalue weighted by Crippen LogP contribution is -2.54. The van der Waals surface area contributed by atoms with Crippen LogP contribution in [-0.4, -0.2) is 28.1 Å². The van der Waals surface area contributed by atoms with Crippen LogP contribution >= 0.6 is 15.9 Å². The molecule has 27 heavy (non-hydrogen) atoms. The standard InChI is InChI=1S/C19H15BrN2O5/c1-9-3-10(2)5-12(4-9)22-18(26)13(17(25)21-19(22)27)6-11-7-14(20)16(24)8-15(11)23/h3-8,23-24H,1-2H3,(H,21,25,27). The van der Waals surface area contributed by atoms with Crippen LogP contribution in [0.25, 0.3) is 6.08 Å². The summed E-state index contributed by atoms with van der Waals surface area (Å²) in [7, 11) is 0. The summed E-state index contributed by atoms with van der Waals surface area (Å²) in [5.41, 5.74) is 1.86. The van der Waals surface area contributed by atoms with Crippen molar-refractivity contribution in [2.24, 2.45) is 0 Å². The van der Waals surface area contributed by atoms with E-state index >= 15 is 0 Å². The van der Waals surface area contributed by atoms with Crippen molar-refractivity contribution < 1.29 is 24.6 Å². The van der Waals surface area contributed by atoms with Gasteiger partial charge in [0, 0.05) is 11.6 Å². The quantitative estimate of drug-likeness (QED) is 0.501. The number of urea groups is 1. The van der Waals surface area contributed by atoms with Gasteiger partial charge in [-0.05, 0) is 65.2 Å². The van der Waals surface area contributed by atoms with Gasteiger partial charge in [-0.25, -0.2) is 9.69 Å². The van der Waals surface area contributed by atoms with Crippen LogP contribution in [0.2, 0.25) is 0 Å². The smallest absolute Gasteiger partial charge is 0.335 e. The molecule has 8 heteroatoms. The van der Waals surface area contributed by atoms with Crippen molar-refractivity contribution in [2.75, 3.05) is 4.90 Å². The van der Waals surface area contributed by atoms with E-state index < -0.39 is 17.8 Å². The fourth-order valence-corrected chi connectivity index (χ4v) is 3.17. The fraction of sp³-hybridized carbons (Fsp3) is 0.105. The van der Waals surface area contributed by atoms with E-state index in [1.54, 1.807) is 12.1 Å². The lowest BCUT2D eigenvalue weighted by Gasteiger charge is -2.27. The van der Waals surface area contributed by atoms with Crippen LogP contribution in [0.1, 0.15) is 16.7 Å². The summed E-state index contributed by atoms with van der Waals surface area (Å²) in [6.07, 6.45) is 1.17. The highest BCUT2D eigenvalue weighted by Crippen LogP contribution is 2.33. The zero-order valence-electron chi connectivity index (χ0n) is 14.4. The SMILES string of the molecule is Cc1cc(C)cc(N2C(=O)NC(=O)C(=Cc3cc(Br)c(O)cc3O)C2=O)c1. The summed E-state index contributed by atoms with van der Waals surface area (Å²) in [5, 5.41) is 21.7. The molecule has 138 valence electrons. The Labute approximate surface area is 163 Å². The molecule has 2 aromatic carbocycles. The van der Waals surface area contributed by atoms with E-state index in [1.807, 2.05) is 19.9 Å². The van der Waals surface area contributed by atoms with E-state index in [2.05, 4.69) is 21.2 Å². The molecule has 0 spiro atoms. The molecule has 1 aliphatic rings. The maximum absolute atomic E-state index is 12.9.